The number of rotatable bonds is 2. The van der Waals surface area contributed by atoms with Gasteiger partial charge in [0.15, 0.2) is 0 Å². The number of carbonyl (C=O) groups is 1. The summed E-state index contributed by atoms with van der Waals surface area (Å²) in [7, 11) is 0. The van der Waals surface area contributed by atoms with E-state index in [1.54, 1.807) is 5.01 Å². The van der Waals surface area contributed by atoms with Gasteiger partial charge in [0.2, 0.25) is 5.91 Å². The second-order valence-corrected chi connectivity index (χ2v) is 9.06. The molecule has 1 amide bonds. The molecule has 2 aromatic rings. The van der Waals surface area contributed by atoms with Crippen LogP contribution in [0.1, 0.15) is 24.6 Å². The number of aryl methyl sites for hydroxylation is 1. The molecular weight excluding hydrogens is 426 g/mol. The van der Waals surface area contributed by atoms with Gasteiger partial charge < -0.3 is 20.5 Å². The van der Waals surface area contributed by atoms with Gasteiger partial charge in [0.25, 0.3) is 0 Å². The highest BCUT2D eigenvalue weighted by molar-refractivity contribution is 6.31. The quantitative estimate of drug-likeness (QED) is 0.670. The molecule has 4 N–H and O–H groups in total. The average molecular weight is 454 g/mol. The molecule has 2 atom stereocenters. The summed E-state index contributed by atoms with van der Waals surface area (Å²) < 4.78 is 0. The zero-order chi connectivity index (χ0) is 23.0. The van der Waals surface area contributed by atoms with Crippen LogP contribution in [0.15, 0.2) is 30.1 Å². The first-order valence-electron chi connectivity index (χ1n) is 10.8. The van der Waals surface area contributed by atoms with Crippen LogP contribution in [0.4, 0.5) is 5.69 Å². The molecule has 0 bridgehead atoms. The molecular formula is C23H28ClN7O. The molecule has 2 aliphatic rings. The average Bonchev–Trinajstić information content (AvgIpc) is 2.78. The Bertz CT molecular complexity index is 1130. The summed E-state index contributed by atoms with van der Waals surface area (Å²) in [4.78, 5) is 22.0. The van der Waals surface area contributed by atoms with Crippen LogP contribution in [-0.4, -0.2) is 53.5 Å². The minimum absolute atomic E-state index is 0.0853. The Hall–Kier alpha value is -3.02. The summed E-state index contributed by atoms with van der Waals surface area (Å²) in [5, 5.41) is 12.9. The Morgan fingerprint density at radius 1 is 1.34 bits per heavy atom. The van der Waals surface area contributed by atoms with Gasteiger partial charge in [-0.3, -0.25) is 9.78 Å². The first-order chi connectivity index (χ1) is 15.3. The summed E-state index contributed by atoms with van der Waals surface area (Å²) in [6, 6.07) is 7.90. The van der Waals surface area contributed by atoms with Gasteiger partial charge in [0, 0.05) is 42.2 Å². The monoisotopic (exact) mass is 453 g/mol. The first-order valence-corrected chi connectivity index (χ1v) is 11.2. The summed E-state index contributed by atoms with van der Waals surface area (Å²) in [6.07, 6.45) is 2.18. The number of piperazine rings is 1. The normalized spacial score (nSPS) is 23.0. The smallest absolute Gasteiger partial charge is 0.226 e. The summed E-state index contributed by atoms with van der Waals surface area (Å²) >= 11 is 6.27. The van der Waals surface area contributed by atoms with Crippen LogP contribution in [-0.2, 0) is 4.79 Å². The zero-order valence-corrected chi connectivity index (χ0v) is 19.1. The van der Waals surface area contributed by atoms with Gasteiger partial charge >= 0.3 is 0 Å². The number of pyridine rings is 1. The number of amides is 1. The number of hydrogen-bond acceptors (Lipinski definition) is 7. The Morgan fingerprint density at radius 2 is 2.12 bits per heavy atom. The van der Waals surface area contributed by atoms with Crippen LogP contribution in [0.2, 0.25) is 5.02 Å². The maximum absolute atomic E-state index is 13.3. The van der Waals surface area contributed by atoms with Crippen LogP contribution >= 0.6 is 11.6 Å². The number of nitriles is 1. The van der Waals surface area contributed by atoms with Crippen LogP contribution in [0.3, 0.4) is 0 Å². The number of nitrogens with two attached hydrogens (primary N) is 2. The lowest BCUT2D eigenvalue weighted by Crippen LogP contribution is -2.54. The lowest BCUT2D eigenvalue weighted by atomic mass is 9.84. The van der Waals surface area contributed by atoms with E-state index in [1.165, 1.54) is 6.20 Å². The van der Waals surface area contributed by atoms with Crippen molar-refractivity contribution >= 4 is 34.1 Å². The van der Waals surface area contributed by atoms with Crippen LogP contribution in [0, 0.1) is 30.1 Å². The van der Waals surface area contributed by atoms with E-state index >= 15 is 0 Å². The molecule has 3 heterocycles. The molecule has 1 aromatic heterocycles. The first kappa shape index (κ1) is 22.2. The molecule has 1 aromatic carbocycles. The lowest BCUT2D eigenvalue weighted by molar-refractivity contribution is -0.138. The van der Waals surface area contributed by atoms with Crippen molar-refractivity contribution in [2.75, 3.05) is 37.6 Å². The summed E-state index contributed by atoms with van der Waals surface area (Å²) in [6.45, 7) is 6.90. The molecule has 32 heavy (non-hydrogen) atoms. The van der Waals surface area contributed by atoms with E-state index in [4.69, 9.17) is 23.2 Å². The number of anilines is 1. The van der Waals surface area contributed by atoms with Crippen molar-refractivity contribution in [3.63, 3.8) is 0 Å². The predicted molar refractivity (Wildman–Crippen MR) is 125 cm³/mol. The summed E-state index contributed by atoms with van der Waals surface area (Å²) in [5.41, 5.74) is 9.36. The minimum Gasteiger partial charge on any atom is -0.403 e. The maximum Gasteiger partial charge on any atom is 0.226 e. The highest BCUT2D eigenvalue weighted by atomic mass is 35.5. The molecule has 8 nitrogen and oxygen atoms in total. The van der Waals surface area contributed by atoms with Crippen LogP contribution in [0.25, 0.3) is 10.9 Å². The lowest BCUT2D eigenvalue weighted by Gasteiger charge is -2.42. The molecule has 168 valence electrons. The van der Waals surface area contributed by atoms with Gasteiger partial charge in [-0.2, -0.15) is 5.26 Å². The van der Waals surface area contributed by atoms with Gasteiger partial charge in [-0.25, -0.2) is 5.84 Å². The van der Waals surface area contributed by atoms with Gasteiger partial charge in [0.05, 0.1) is 41.2 Å². The highest BCUT2D eigenvalue weighted by Crippen LogP contribution is 2.37. The molecule has 2 fully saturated rings. The van der Waals surface area contributed by atoms with Crippen molar-refractivity contribution in [1.29, 1.82) is 5.26 Å². The molecule has 2 saturated heterocycles. The van der Waals surface area contributed by atoms with E-state index < -0.39 is 0 Å². The van der Waals surface area contributed by atoms with E-state index in [-0.39, 0.29) is 17.7 Å². The number of benzene rings is 1. The number of piperidine rings is 1. The van der Waals surface area contributed by atoms with Crippen molar-refractivity contribution in [3.8, 4) is 6.07 Å². The topological polar surface area (TPSA) is 116 Å². The Balaban J connectivity index is 1.59. The fourth-order valence-electron chi connectivity index (χ4n) is 4.82. The highest BCUT2D eigenvalue weighted by Gasteiger charge is 2.36. The van der Waals surface area contributed by atoms with Crippen molar-refractivity contribution in [2.45, 2.75) is 20.3 Å². The molecule has 0 radical (unpaired) electrons. The number of fused-ring (bicyclic) bond motifs is 1. The third-order valence-electron chi connectivity index (χ3n) is 6.59. The van der Waals surface area contributed by atoms with Crippen LogP contribution < -0.4 is 16.5 Å². The van der Waals surface area contributed by atoms with Crippen LogP contribution in [0.5, 0.6) is 0 Å². The third-order valence-corrected chi connectivity index (χ3v) is 6.82. The van der Waals surface area contributed by atoms with E-state index in [1.807, 2.05) is 30.0 Å². The molecule has 0 saturated carbocycles. The maximum atomic E-state index is 13.3. The summed E-state index contributed by atoms with van der Waals surface area (Å²) in [5.74, 6) is 6.11. The van der Waals surface area contributed by atoms with E-state index in [0.717, 1.165) is 22.3 Å². The molecule has 2 aliphatic heterocycles. The van der Waals surface area contributed by atoms with Crippen molar-refractivity contribution in [2.24, 2.45) is 23.4 Å². The minimum atomic E-state index is -0.0853. The number of nitrogens with zero attached hydrogens (tertiary/aromatic N) is 5. The van der Waals surface area contributed by atoms with Gasteiger partial charge in [-0.15, -0.1) is 0 Å². The number of carbonyl (C=O) groups excluding carboxylic acids is 1. The Kier molecular flexibility index (Phi) is 6.13. The number of hydrazine groups is 1. The van der Waals surface area contributed by atoms with Gasteiger partial charge in [-0.05, 0) is 37.5 Å². The van der Waals surface area contributed by atoms with Gasteiger partial charge in [0.1, 0.15) is 6.07 Å². The number of hydrogen-bond donors (Lipinski definition) is 2. The predicted octanol–water partition coefficient (Wildman–Crippen LogP) is 2.35. The number of halogens is 1. The standard InChI is InChI=1S/C23H28ClN7O/c1-14-12-29(6-5-18(14)23(32)30-7-8-31(27)17(10-25)13-30)22-19-9-16(24)3-4-21(19)28-15(2)20(22)11-26/h3-4,9-10,14,18H,5-8,12-13,25,27H2,1-2H3/b17-10-/t14-,18?/m1/s1. The van der Waals surface area contributed by atoms with Crippen molar-refractivity contribution < 1.29 is 4.79 Å². The zero-order valence-electron chi connectivity index (χ0n) is 18.4. The van der Waals surface area contributed by atoms with Crippen molar-refractivity contribution in [1.82, 2.24) is 14.9 Å². The van der Waals surface area contributed by atoms with E-state index in [9.17, 15) is 10.1 Å². The van der Waals surface area contributed by atoms with E-state index in [0.29, 0.717) is 55.4 Å². The molecule has 0 aliphatic carbocycles. The molecule has 0 spiro atoms. The Labute approximate surface area is 193 Å². The fraction of sp³-hybridized carbons (Fsp3) is 0.435. The van der Waals surface area contributed by atoms with Crippen molar-refractivity contribution in [3.05, 3.63) is 46.4 Å². The second kappa shape index (κ2) is 8.85. The Morgan fingerprint density at radius 3 is 2.81 bits per heavy atom. The van der Waals surface area contributed by atoms with E-state index in [2.05, 4.69) is 22.9 Å². The molecule has 9 heteroatoms. The number of aromatic nitrogens is 1. The third kappa shape index (κ3) is 3.94. The SMILES string of the molecule is Cc1nc2ccc(Cl)cc2c(N2CCC(C(=O)N3CCN(N)/C(=C\N)C3)[C@H](C)C2)c1C#N. The molecule has 4 rings (SSSR count). The fourth-order valence-corrected chi connectivity index (χ4v) is 5.00. The second-order valence-electron chi connectivity index (χ2n) is 8.62. The molecule has 1 unspecified atom stereocenters. The van der Waals surface area contributed by atoms with Gasteiger partial charge in [-0.1, -0.05) is 18.5 Å². The largest absolute Gasteiger partial charge is 0.403 e.